The maximum absolute atomic E-state index is 13.1. The smallest absolute Gasteiger partial charge is 0.216 e. The van der Waals surface area contributed by atoms with Crippen LogP contribution in [0.1, 0.15) is 18.1 Å². The highest BCUT2D eigenvalue weighted by atomic mass is 19.1. The fourth-order valence-corrected chi connectivity index (χ4v) is 3.42. The van der Waals surface area contributed by atoms with E-state index in [2.05, 4.69) is 27.2 Å². The number of anilines is 2. The maximum atomic E-state index is 13.1. The summed E-state index contributed by atoms with van der Waals surface area (Å²) in [6.07, 6.45) is 0.738. The van der Waals surface area contributed by atoms with Crippen LogP contribution < -0.4 is 16.0 Å². The minimum atomic E-state index is -0.199. The van der Waals surface area contributed by atoms with Gasteiger partial charge in [-0.3, -0.25) is 9.69 Å². The summed E-state index contributed by atoms with van der Waals surface area (Å²) < 4.78 is 13.1. The minimum absolute atomic E-state index is 0.0232. The normalized spacial score (nSPS) is 15.0. The number of piperazine rings is 1. The van der Waals surface area contributed by atoms with E-state index in [9.17, 15) is 9.18 Å². The van der Waals surface area contributed by atoms with Crippen molar-refractivity contribution in [2.75, 3.05) is 43.4 Å². The van der Waals surface area contributed by atoms with Crippen molar-refractivity contribution >= 4 is 17.3 Å². The van der Waals surface area contributed by atoms with Crippen molar-refractivity contribution in [1.82, 2.24) is 10.2 Å². The van der Waals surface area contributed by atoms with E-state index in [0.29, 0.717) is 6.54 Å². The van der Waals surface area contributed by atoms with Gasteiger partial charge in [0.2, 0.25) is 5.91 Å². The lowest BCUT2D eigenvalue weighted by Gasteiger charge is -2.36. The molecule has 0 saturated carbocycles. The zero-order chi connectivity index (χ0) is 19.2. The number of nitrogens with zero attached hydrogens (tertiary/aromatic N) is 2. The zero-order valence-electron chi connectivity index (χ0n) is 15.7. The van der Waals surface area contributed by atoms with Gasteiger partial charge in [0, 0.05) is 57.6 Å². The first-order valence-corrected chi connectivity index (χ1v) is 9.36. The average molecular weight is 370 g/mol. The number of hydrogen-bond donors (Lipinski definition) is 2. The van der Waals surface area contributed by atoms with Gasteiger partial charge in [-0.25, -0.2) is 4.39 Å². The number of hydrogen-bond acceptors (Lipinski definition) is 4. The van der Waals surface area contributed by atoms with Gasteiger partial charge in [0.05, 0.1) is 0 Å². The van der Waals surface area contributed by atoms with Gasteiger partial charge in [-0.05, 0) is 47.9 Å². The number of nitrogen functional groups attached to an aromatic ring is 1. The number of rotatable bonds is 6. The van der Waals surface area contributed by atoms with Crippen molar-refractivity contribution in [3.63, 3.8) is 0 Å². The highest BCUT2D eigenvalue weighted by Gasteiger charge is 2.17. The number of nitrogens with two attached hydrogens (primary N) is 1. The predicted molar refractivity (Wildman–Crippen MR) is 107 cm³/mol. The summed E-state index contributed by atoms with van der Waals surface area (Å²) in [6, 6.07) is 12.9. The molecule has 6 heteroatoms. The van der Waals surface area contributed by atoms with Crippen LogP contribution in [0.2, 0.25) is 0 Å². The van der Waals surface area contributed by atoms with E-state index < -0.39 is 0 Å². The molecule has 2 aromatic carbocycles. The van der Waals surface area contributed by atoms with Crippen LogP contribution in [0.5, 0.6) is 0 Å². The number of carbonyl (C=O) groups excluding carboxylic acids is 1. The molecule has 27 heavy (non-hydrogen) atoms. The fraction of sp³-hybridized carbons (Fsp3) is 0.381. The summed E-state index contributed by atoms with van der Waals surface area (Å²) in [6.45, 7) is 6.76. The molecule has 0 aromatic heterocycles. The van der Waals surface area contributed by atoms with Gasteiger partial charge in [0.1, 0.15) is 5.82 Å². The molecular formula is C21H27FN4O. The van der Waals surface area contributed by atoms with Crippen LogP contribution in [0.4, 0.5) is 15.8 Å². The molecule has 0 aliphatic carbocycles. The molecule has 5 nitrogen and oxygen atoms in total. The lowest BCUT2D eigenvalue weighted by molar-refractivity contribution is -0.118. The third-order valence-corrected chi connectivity index (χ3v) is 4.95. The van der Waals surface area contributed by atoms with E-state index in [1.165, 1.54) is 24.6 Å². The third-order valence-electron chi connectivity index (χ3n) is 4.95. The standard InChI is InChI=1S/C21H27FN4O/c1-16(27)24-9-8-18-3-2-17(14-21(18)23)15-25-10-12-26(13-11-25)20-6-4-19(22)5-7-20/h2-7,14H,8-13,15,23H2,1H3,(H,24,27). The van der Waals surface area contributed by atoms with E-state index in [0.717, 1.165) is 56.1 Å². The molecule has 1 fully saturated rings. The fourth-order valence-electron chi connectivity index (χ4n) is 3.42. The summed E-state index contributed by atoms with van der Waals surface area (Å²) in [5, 5.41) is 2.79. The van der Waals surface area contributed by atoms with Crippen LogP contribution in [0.3, 0.4) is 0 Å². The number of carbonyl (C=O) groups is 1. The van der Waals surface area contributed by atoms with Crippen molar-refractivity contribution < 1.29 is 9.18 Å². The second kappa shape index (κ2) is 8.86. The van der Waals surface area contributed by atoms with Gasteiger partial charge in [0.15, 0.2) is 0 Å². The molecule has 1 aliphatic rings. The number of benzene rings is 2. The molecule has 0 atom stereocenters. The van der Waals surface area contributed by atoms with Crippen molar-refractivity contribution in [3.05, 3.63) is 59.4 Å². The summed E-state index contributed by atoms with van der Waals surface area (Å²) in [4.78, 5) is 15.7. The highest BCUT2D eigenvalue weighted by molar-refractivity contribution is 5.72. The topological polar surface area (TPSA) is 61.6 Å². The average Bonchev–Trinajstić information content (AvgIpc) is 2.65. The first-order valence-electron chi connectivity index (χ1n) is 9.36. The van der Waals surface area contributed by atoms with Gasteiger partial charge in [-0.15, -0.1) is 0 Å². The lowest BCUT2D eigenvalue weighted by Crippen LogP contribution is -2.45. The Kier molecular flexibility index (Phi) is 6.29. The minimum Gasteiger partial charge on any atom is -0.398 e. The summed E-state index contributed by atoms with van der Waals surface area (Å²) in [5.74, 6) is -0.222. The van der Waals surface area contributed by atoms with Crippen LogP contribution in [-0.4, -0.2) is 43.5 Å². The SMILES string of the molecule is CC(=O)NCCc1ccc(CN2CCN(c3ccc(F)cc3)CC2)cc1N. The van der Waals surface area contributed by atoms with Crippen molar-refractivity contribution in [1.29, 1.82) is 0 Å². The van der Waals surface area contributed by atoms with Crippen LogP contribution in [0.15, 0.2) is 42.5 Å². The van der Waals surface area contributed by atoms with Gasteiger partial charge >= 0.3 is 0 Å². The molecule has 0 bridgehead atoms. The van der Waals surface area contributed by atoms with E-state index in [4.69, 9.17) is 5.73 Å². The van der Waals surface area contributed by atoms with E-state index in [1.54, 1.807) is 0 Å². The Bertz CT molecular complexity index is 770. The molecule has 1 saturated heterocycles. The zero-order valence-corrected chi connectivity index (χ0v) is 15.7. The first kappa shape index (κ1) is 19.2. The quantitative estimate of drug-likeness (QED) is 0.767. The summed E-state index contributed by atoms with van der Waals surface area (Å²) >= 11 is 0. The lowest BCUT2D eigenvalue weighted by atomic mass is 10.1. The maximum Gasteiger partial charge on any atom is 0.216 e. The van der Waals surface area contributed by atoms with Crippen molar-refractivity contribution in [2.24, 2.45) is 0 Å². The Morgan fingerprint density at radius 2 is 1.81 bits per heavy atom. The third kappa shape index (κ3) is 5.44. The van der Waals surface area contributed by atoms with Crippen LogP contribution in [0.25, 0.3) is 0 Å². The van der Waals surface area contributed by atoms with E-state index >= 15 is 0 Å². The van der Waals surface area contributed by atoms with Gasteiger partial charge in [-0.1, -0.05) is 12.1 Å². The highest BCUT2D eigenvalue weighted by Crippen LogP contribution is 2.20. The summed E-state index contributed by atoms with van der Waals surface area (Å²) in [7, 11) is 0. The molecule has 0 radical (unpaired) electrons. The molecule has 1 aliphatic heterocycles. The van der Waals surface area contributed by atoms with E-state index in [1.807, 2.05) is 18.2 Å². The Balaban J connectivity index is 1.50. The summed E-state index contributed by atoms with van der Waals surface area (Å²) in [5.41, 5.74) is 10.3. The first-order chi connectivity index (χ1) is 13.0. The predicted octanol–water partition coefficient (Wildman–Crippen LogP) is 2.41. The molecule has 0 unspecified atom stereocenters. The Labute approximate surface area is 160 Å². The van der Waals surface area contributed by atoms with Gasteiger partial charge < -0.3 is 16.0 Å². The van der Waals surface area contributed by atoms with Gasteiger partial charge in [0.25, 0.3) is 0 Å². The number of nitrogens with one attached hydrogen (secondary N) is 1. The monoisotopic (exact) mass is 370 g/mol. The molecule has 0 spiro atoms. The number of amides is 1. The second-order valence-electron chi connectivity index (χ2n) is 7.01. The van der Waals surface area contributed by atoms with Crippen LogP contribution in [-0.2, 0) is 17.8 Å². The Morgan fingerprint density at radius 3 is 2.44 bits per heavy atom. The number of halogens is 1. The largest absolute Gasteiger partial charge is 0.398 e. The van der Waals surface area contributed by atoms with Crippen molar-refractivity contribution in [3.8, 4) is 0 Å². The molecule has 3 rings (SSSR count). The van der Waals surface area contributed by atoms with E-state index in [-0.39, 0.29) is 11.7 Å². The van der Waals surface area contributed by atoms with Gasteiger partial charge in [-0.2, -0.15) is 0 Å². The Morgan fingerprint density at radius 1 is 1.11 bits per heavy atom. The molecule has 2 aromatic rings. The molecule has 3 N–H and O–H groups in total. The van der Waals surface area contributed by atoms with Crippen molar-refractivity contribution in [2.45, 2.75) is 19.9 Å². The molecule has 1 amide bonds. The van der Waals surface area contributed by atoms with Crippen LogP contribution >= 0.6 is 0 Å². The Hall–Kier alpha value is -2.60. The van der Waals surface area contributed by atoms with Crippen LogP contribution in [0, 0.1) is 5.82 Å². The molecular weight excluding hydrogens is 343 g/mol. The second-order valence-corrected chi connectivity index (χ2v) is 7.01. The molecule has 1 heterocycles. The molecule has 144 valence electrons.